The minimum absolute atomic E-state index is 0.216. The molecule has 3 rings (SSSR count). The quantitative estimate of drug-likeness (QED) is 0.685. The first kappa shape index (κ1) is 20.9. The second-order valence-electron chi connectivity index (χ2n) is 6.77. The molecule has 0 bridgehead atoms. The Morgan fingerprint density at radius 3 is 2.36 bits per heavy atom. The molecule has 0 amide bonds. The topological polar surface area (TPSA) is 78.9 Å². The molecule has 8 heteroatoms. The lowest BCUT2D eigenvalue weighted by molar-refractivity contribution is -0.310. The van der Waals surface area contributed by atoms with E-state index in [0.29, 0.717) is 41.3 Å². The van der Waals surface area contributed by atoms with Crippen molar-refractivity contribution >= 4 is 30.4 Å². The number of carboxylic acid groups (broad SMARTS) is 1. The first-order chi connectivity index (χ1) is 13.3. The summed E-state index contributed by atoms with van der Waals surface area (Å²) in [7, 11) is -3.55. The summed E-state index contributed by atoms with van der Waals surface area (Å²) in [5.74, 6) is -0.101. The van der Waals surface area contributed by atoms with Crippen LogP contribution in [0.2, 0.25) is 5.02 Å². The number of nitrogens with zero attached hydrogens (tertiary/aromatic N) is 1. The summed E-state index contributed by atoms with van der Waals surface area (Å²) in [6, 6.07) is 12.4. The number of aliphatic carboxylic acids is 1. The van der Waals surface area contributed by atoms with Gasteiger partial charge in [-0.3, -0.25) is 4.57 Å². The van der Waals surface area contributed by atoms with Crippen molar-refractivity contribution in [1.82, 2.24) is 4.67 Å². The van der Waals surface area contributed by atoms with Gasteiger partial charge in [0.25, 0.3) is 0 Å². The summed E-state index contributed by atoms with van der Waals surface area (Å²) in [6.45, 7) is 3.64. The summed E-state index contributed by atoms with van der Waals surface area (Å²) in [5, 5.41) is 12.5. The number of carbonyl (C=O) groups is 1. The van der Waals surface area contributed by atoms with Gasteiger partial charge in [-0.2, -0.15) is 0 Å². The molecule has 1 aliphatic heterocycles. The van der Waals surface area contributed by atoms with Crippen LogP contribution in [-0.4, -0.2) is 29.3 Å². The molecular formula is C20H22ClNO5P-. The molecule has 3 unspecified atom stereocenters. The van der Waals surface area contributed by atoms with Gasteiger partial charge in [0.15, 0.2) is 0 Å². The van der Waals surface area contributed by atoms with Crippen LogP contribution >= 0.6 is 19.1 Å². The van der Waals surface area contributed by atoms with Crippen molar-refractivity contribution in [1.29, 1.82) is 0 Å². The van der Waals surface area contributed by atoms with E-state index in [1.807, 2.05) is 6.92 Å². The Balaban J connectivity index is 1.89. The van der Waals surface area contributed by atoms with Gasteiger partial charge in [-0.15, -0.1) is 0 Å². The number of halogens is 1. The van der Waals surface area contributed by atoms with E-state index in [1.54, 1.807) is 48.5 Å². The molecule has 0 radical (unpaired) electrons. The lowest BCUT2D eigenvalue weighted by Crippen LogP contribution is -2.49. The van der Waals surface area contributed by atoms with Crippen molar-refractivity contribution in [2.45, 2.75) is 38.8 Å². The molecule has 0 spiro atoms. The van der Waals surface area contributed by atoms with Gasteiger partial charge in [-0.05, 0) is 75.2 Å². The number of carbonyl (C=O) groups excluding carboxylic acids is 1. The van der Waals surface area contributed by atoms with E-state index in [1.165, 1.54) is 11.6 Å². The van der Waals surface area contributed by atoms with Crippen LogP contribution in [0.15, 0.2) is 48.5 Å². The van der Waals surface area contributed by atoms with Gasteiger partial charge >= 0.3 is 7.52 Å². The normalized spacial score (nSPS) is 24.3. The van der Waals surface area contributed by atoms with Gasteiger partial charge in [-0.25, -0.2) is 4.67 Å². The van der Waals surface area contributed by atoms with Crippen LogP contribution in [0.4, 0.5) is 0 Å². The Hall–Kier alpha value is -1.85. The molecule has 0 aromatic heterocycles. The van der Waals surface area contributed by atoms with Gasteiger partial charge < -0.3 is 19.2 Å². The summed E-state index contributed by atoms with van der Waals surface area (Å²) < 4.78 is 26.8. The van der Waals surface area contributed by atoms with Gasteiger partial charge in [0, 0.05) is 11.1 Å². The van der Waals surface area contributed by atoms with Gasteiger partial charge in [0.1, 0.15) is 11.5 Å². The van der Waals surface area contributed by atoms with Crippen LogP contribution in [0.25, 0.3) is 0 Å². The zero-order valence-electron chi connectivity index (χ0n) is 15.7. The molecule has 1 aliphatic rings. The van der Waals surface area contributed by atoms with E-state index < -0.39 is 19.5 Å². The molecule has 0 aliphatic carbocycles. The van der Waals surface area contributed by atoms with E-state index in [2.05, 4.69) is 0 Å². The van der Waals surface area contributed by atoms with Gasteiger partial charge in [-0.1, -0.05) is 11.6 Å². The molecule has 1 heterocycles. The van der Waals surface area contributed by atoms with Crippen molar-refractivity contribution < 1.29 is 23.7 Å². The van der Waals surface area contributed by atoms with Crippen molar-refractivity contribution in [3.05, 3.63) is 53.6 Å². The molecule has 2 aromatic rings. The van der Waals surface area contributed by atoms with Crippen LogP contribution in [0.1, 0.15) is 26.7 Å². The molecular weight excluding hydrogens is 401 g/mol. The summed E-state index contributed by atoms with van der Waals surface area (Å²) >= 11 is 5.87. The molecule has 1 fully saturated rings. The Morgan fingerprint density at radius 2 is 1.79 bits per heavy atom. The van der Waals surface area contributed by atoms with E-state index in [9.17, 15) is 14.5 Å². The second-order valence-corrected chi connectivity index (χ2v) is 9.48. The van der Waals surface area contributed by atoms with E-state index >= 15 is 0 Å². The molecule has 3 atom stereocenters. The summed E-state index contributed by atoms with van der Waals surface area (Å²) in [4.78, 5) is 11.5. The highest BCUT2D eigenvalue weighted by Crippen LogP contribution is 2.54. The zero-order valence-corrected chi connectivity index (χ0v) is 17.4. The molecule has 6 nitrogen and oxygen atoms in total. The second kappa shape index (κ2) is 8.66. The van der Waals surface area contributed by atoms with E-state index in [0.717, 1.165) is 0 Å². The maximum atomic E-state index is 13.8. The maximum absolute atomic E-state index is 13.8. The maximum Gasteiger partial charge on any atom is 0.303 e. The monoisotopic (exact) mass is 422 g/mol. The van der Waals surface area contributed by atoms with Crippen LogP contribution in [0.5, 0.6) is 11.5 Å². The van der Waals surface area contributed by atoms with E-state index in [4.69, 9.17) is 20.9 Å². The number of hydrogen-bond donors (Lipinski definition) is 0. The minimum atomic E-state index is -3.55. The fourth-order valence-corrected chi connectivity index (χ4v) is 6.05. The molecule has 2 aromatic carbocycles. The van der Waals surface area contributed by atoms with Crippen LogP contribution in [-0.2, 0) is 13.9 Å². The predicted octanol–water partition coefficient (Wildman–Crippen LogP) is 3.59. The number of benzene rings is 2. The van der Waals surface area contributed by atoms with Crippen LogP contribution < -0.4 is 15.1 Å². The third-order valence-electron chi connectivity index (χ3n) is 4.74. The first-order valence-corrected chi connectivity index (χ1v) is 11.0. The highest BCUT2D eigenvalue weighted by Gasteiger charge is 2.42. The van der Waals surface area contributed by atoms with Crippen molar-refractivity contribution in [2.24, 2.45) is 0 Å². The minimum Gasteiger partial charge on any atom is -0.548 e. The molecule has 0 saturated carbocycles. The highest BCUT2D eigenvalue weighted by molar-refractivity contribution is 7.64. The van der Waals surface area contributed by atoms with Gasteiger partial charge in [0.2, 0.25) is 0 Å². The SMILES string of the molecule is CC1CCCOP(=O)(c2ccc(Oc3ccc(Cl)cc3)cc2)N1C(C)C(=O)[O-]. The lowest BCUT2D eigenvalue weighted by atomic mass is 10.1. The predicted molar refractivity (Wildman–Crippen MR) is 106 cm³/mol. The Kier molecular flexibility index (Phi) is 6.46. The number of carboxylic acids is 1. The van der Waals surface area contributed by atoms with Crippen molar-refractivity contribution in [3.8, 4) is 11.5 Å². The molecule has 0 N–H and O–H groups in total. The average Bonchev–Trinajstić information content (AvgIpc) is 2.82. The third kappa shape index (κ3) is 4.41. The summed E-state index contributed by atoms with van der Waals surface area (Å²) in [6.07, 6.45) is 1.40. The number of hydrogen-bond acceptors (Lipinski definition) is 5. The zero-order chi connectivity index (χ0) is 20.3. The molecule has 28 heavy (non-hydrogen) atoms. The lowest BCUT2D eigenvalue weighted by Gasteiger charge is -2.38. The Morgan fingerprint density at radius 1 is 1.21 bits per heavy atom. The summed E-state index contributed by atoms with van der Waals surface area (Å²) in [5.41, 5.74) is 0. The third-order valence-corrected chi connectivity index (χ3v) is 7.82. The standard InChI is InChI=1S/C20H23ClNO5P/c1-14-4-3-13-26-28(25,22(14)15(2)20(23)24)19-11-9-18(10-12-19)27-17-7-5-16(21)6-8-17/h5-12,14-15H,3-4,13H2,1-2H3,(H,23,24)/p-1. The first-order valence-electron chi connectivity index (χ1n) is 9.09. The van der Waals surface area contributed by atoms with Crippen molar-refractivity contribution in [2.75, 3.05) is 6.61 Å². The van der Waals surface area contributed by atoms with Gasteiger partial charge in [0.05, 0.1) is 23.9 Å². The fourth-order valence-electron chi connectivity index (χ4n) is 3.29. The van der Waals surface area contributed by atoms with Crippen LogP contribution in [0.3, 0.4) is 0 Å². The smallest absolute Gasteiger partial charge is 0.303 e. The molecule has 1 saturated heterocycles. The number of ether oxygens (including phenoxy) is 1. The van der Waals surface area contributed by atoms with Crippen LogP contribution in [0, 0.1) is 0 Å². The Labute approximate surface area is 169 Å². The number of rotatable bonds is 5. The van der Waals surface area contributed by atoms with Crippen molar-refractivity contribution in [3.63, 3.8) is 0 Å². The fraction of sp³-hybridized carbons (Fsp3) is 0.350. The molecule has 150 valence electrons. The van der Waals surface area contributed by atoms with E-state index in [-0.39, 0.29) is 6.04 Å². The average molecular weight is 423 g/mol. The Bertz CT molecular complexity index is 871. The largest absolute Gasteiger partial charge is 0.548 e. The highest BCUT2D eigenvalue weighted by atomic mass is 35.5.